The molecule has 1 heterocycles. The Morgan fingerprint density at radius 1 is 1.40 bits per heavy atom. The minimum Gasteiger partial charge on any atom is -0.376 e. The third kappa shape index (κ3) is 4.21. The second kappa shape index (κ2) is 7.43. The van der Waals surface area contributed by atoms with Crippen LogP contribution in [0.1, 0.15) is 52.8 Å². The second-order valence-corrected chi connectivity index (χ2v) is 6.58. The van der Waals surface area contributed by atoms with Gasteiger partial charge in [0, 0.05) is 13.7 Å². The van der Waals surface area contributed by atoms with Gasteiger partial charge in [-0.2, -0.15) is 5.10 Å². The molecule has 116 valence electrons. The predicted molar refractivity (Wildman–Crippen MR) is 84.1 cm³/mol. The Hall–Kier alpha value is -0.580. The second-order valence-electron chi connectivity index (χ2n) is 6.18. The molecule has 1 N–H and O–H groups in total. The molecule has 0 amide bonds. The van der Waals surface area contributed by atoms with Crippen LogP contribution in [0.4, 0.5) is 0 Å². The lowest BCUT2D eigenvalue weighted by Gasteiger charge is -2.37. The monoisotopic (exact) mass is 301 g/mol. The van der Waals surface area contributed by atoms with E-state index < -0.39 is 0 Å². The average molecular weight is 302 g/mol. The van der Waals surface area contributed by atoms with E-state index in [1.807, 2.05) is 18.7 Å². The third-order valence-corrected chi connectivity index (χ3v) is 3.64. The lowest BCUT2D eigenvalue weighted by atomic mass is 9.83. The zero-order valence-corrected chi connectivity index (χ0v) is 14.3. The molecular formula is C15H28ClN3O. The van der Waals surface area contributed by atoms with Crippen LogP contribution in [0, 0.1) is 5.41 Å². The maximum absolute atomic E-state index is 6.33. The highest BCUT2D eigenvalue weighted by atomic mass is 35.5. The molecule has 1 aromatic rings. The first-order valence-corrected chi connectivity index (χ1v) is 7.73. The average Bonchev–Trinajstić information content (AvgIpc) is 2.68. The molecule has 0 radical (unpaired) electrons. The van der Waals surface area contributed by atoms with Crippen LogP contribution in [-0.2, 0) is 11.8 Å². The molecule has 0 fully saturated rings. The summed E-state index contributed by atoms with van der Waals surface area (Å²) >= 11 is 6.33. The predicted octanol–water partition coefficient (Wildman–Crippen LogP) is 3.57. The van der Waals surface area contributed by atoms with Crippen LogP contribution in [0.2, 0.25) is 5.02 Å². The van der Waals surface area contributed by atoms with E-state index in [1.165, 1.54) is 0 Å². The molecule has 1 rings (SSSR count). The molecule has 0 saturated heterocycles. The van der Waals surface area contributed by atoms with Gasteiger partial charge in [0.2, 0.25) is 0 Å². The van der Waals surface area contributed by atoms with Crippen LogP contribution in [0.3, 0.4) is 0 Å². The van der Waals surface area contributed by atoms with Gasteiger partial charge < -0.3 is 10.1 Å². The summed E-state index contributed by atoms with van der Waals surface area (Å²) in [5.41, 5.74) is 1.00. The number of rotatable bonds is 7. The molecule has 4 nitrogen and oxygen atoms in total. The standard InChI is InChI=1S/C15H28ClN3O/c1-7-9-17-12(13-11(16)10-18-19(13)6)14(20-8-2)15(3,4)5/h10,12,14,17H,7-9H2,1-6H3. The quantitative estimate of drug-likeness (QED) is 0.837. The molecular weight excluding hydrogens is 274 g/mol. The normalized spacial score (nSPS) is 15.3. The van der Waals surface area contributed by atoms with Gasteiger partial charge in [0.05, 0.1) is 29.1 Å². The smallest absolute Gasteiger partial charge is 0.0835 e. The molecule has 0 aliphatic carbocycles. The number of hydrogen-bond acceptors (Lipinski definition) is 3. The van der Waals surface area contributed by atoms with Gasteiger partial charge in [-0.15, -0.1) is 0 Å². The fraction of sp³-hybridized carbons (Fsp3) is 0.800. The number of halogens is 1. The summed E-state index contributed by atoms with van der Waals surface area (Å²) in [6.45, 7) is 12.4. The Balaban J connectivity index is 3.15. The van der Waals surface area contributed by atoms with E-state index >= 15 is 0 Å². The fourth-order valence-electron chi connectivity index (χ4n) is 2.44. The van der Waals surface area contributed by atoms with Crippen LogP contribution in [0.5, 0.6) is 0 Å². The van der Waals surface area contributed by atoms with Gasteiger partial charge in [-0.05, 0) is 25.3 Å². The lowest BCUT2D eigenvalue weighted by Crippen LogP contribution is -2.43. The summed E-state index contributed by atoms with van der Waals surface area (Å²) in [7, 11) is 1.92. The molecule has 0 aliphatic heterocycles. The van der Waals surface area contributed by atoms with Gasteiger partial charge in [0.1, 0.15) is 0 Å². The number of aromatic nitrogens is 2. The Kier molecular flexibility index (Phi) is 6.49. The van der Waals surface area contributed by atoms with Gasteiger partial charge in [-0.25, -0.2) is 0 Å². The Morgan fingerprint density at radius 3 is 2.45 bits per heavy atom. The number of ether oxygens (including phenoxy) is 1. The highest BCUT2D eigenvalue weighted by Crippen LogP contribution is 2.35. The summed E-state index contributed by atoms with van der Waals surface area (Å²) in [6, 6.07) is 0.0369. The van der Waals surface area contributed by atoms with E-state index in [0.29, 0.717) is 11.6 Å². The van der Waals surface area contributed by atoms with E-state index in [0.717, 1.165) is 18.7 Å². The highest BCUT2D eigenvalue weighted by molar-refractivity contribution is 6.31. The first kappa shape index (κ1) is 17.5. The summed E-state index contributed by atoms with van der Waals surface area (Å²) in [6.07, 6.45) is 2.80. The maximum Gasteiger partial charge on any atom is 0.0835 e. The zero-order valence-electron chi connectivity index (χ0n) is 13.5. The topological polar surface area (TPSA) is 39.1 Å². The first-order chi connectivity index (χ1) is 9.32. The SMILES string of the molecule is CCCNC(c1c(Cl)cnn1C)C(OCC)C(C)(C)C. The van der Waals surface area contributed by atoms with Crippen LogP contribution in [-0.4, -0.2) is 29.0 Å². The van der Waals surface area contributed by atoms with Gasteiger partial charge in [0.15, 0.2) is 0 Å². The minimum absolute atomic E-state index is 0.00895. The van der Waals surface area contributed by atoms with E-state index in [1.54, 1.807) is 6.20 Å². The third-order valence-electron chi connectivity index (χ3n) is 3.35. The van der Waals surface area contributed by atoms with Gasteiger partial charge >= 0.3 is 0 Å². The zero-order chi connectivity index (χ0) is 15.3. The van der Waals surface area contributed by atoms with Crippen molar-refractivity contribution in [1.82, 2.24) is 15.1 Å². The van der Waals surface area contributed by atoms with Gasteiger partial charge in [-0.3, -0.25) is 4.68 Å². The van der Waals surface area contributed by atoms with E-state index in [9.17, 15) is 0 Å². The van der Waals surface area contributed by atoms with Crippen molar-refractivity contribution in [2.24, 2.45) is 12.5 Å². The van der Waals surface area contributed by atoms with Gasteiger partial charge in [0.25, 0.3) is 0 Å². The first-order valence-electron chi connectivity index (χ1n) is 7.35. The maximum atomic E-state index is 6.33. The van der Waals surface area contributed by atoms with Crippen LogP contribution < -0.4 is 5.32 Å². The lowest BCUT2D eigenvalue weighted by molar-refractivity contribution is -0.0381. The van der Waals surface area contributed by atoms with Crippen LogP contribution >= 0.6 is 11.6 Å². The Labute approximate surface area is 127 Å². The fourth-order valence-corrected chi connectivity index (χ4v) is 2.73. The van der Waals surface area contributed by atoms with Crippen molar-refractivity contribution in [3.63, 3.8) is 0 Å². The summed E-state index contributed by atoms with van der Waals surface area (Å²) in [4.78, 5) is 0. The molecule has 0 aromatic carbocycles. The number of nitrogens with zero attached hydrogens (tertiary/aromatic N) is 2. The van der Waals surface area contributed by atoms with Crippen LogP contribution in [0.15, 0.2) is 6.20 Å². The van der Waals surface area contributed by atoms with Crippen molar-refractivity contribution in [3.8, 4) is 0 Å². The summed E-state index contributed by atoms with van der Waals surface area (Å²) in [5, 5.41) is 8.52. The highest BCUT2D eigenvalue weighted by Gasteiger charge is 2.36. The van der Waals surface area contributed by atoms with Crippen molar-refractivity contribution >= 4 is 11.6 Å². The number of nitrogens with one attached hydrogen (secondary N) is 1. The van der Waals surface area contributed by atoms with Crippen molar-refractivity contribution in [3.05, 3.63) is 16.9 Å². The van der Waals surface area contributed by atoms with Crippen LogP contribution in [0.25, 0.3) is 0 Å². The molecule has 20 heavy (non-hydrogen) atoms. The molecule has 0 bridgehead atoms. The Bertz CT molecular complexity index is 392. The molecule has 5 heteroatoms. The van der Waals surface area contributed by atoms with Crippen molar-refractivity contribution in [1.29, 1.82) is 0 Å². The summed E-state index contributed by atoms with van der Waals surface area (Å²) in [5.74, 6) is 0. The van der Waals surface area contributed by atoms with Crippen molar-refractivity contribution in [2.45, 2.75) is 53.2 Å². The molecule has 0 spiro atoms. The molecule has 1 aromatic heterocycles. The molecule has 0 aliphatic rings. The molecule has 2 atom stereocenters. The van der Waals surface area contributed by atoms with E-state index in [-0.39, 0.29) is 17.6 Å². The Morgan fingerprint density at radius 2 is 2.05 bits per heavy atom. The number of hydrogen-bond donors (Lipinski definition) is 1. The molecule has 0 saturated carbocycles. The van der Waals surface area contributed by atoms with E-state index in [2.05, 4.69) is 38.1 Å². The van der Waals surface area contributed by atoms with Crippen molar-refractivity contribution < 1.29 is 4.74 Å². The molecule has 2 unspecified atom stereocenters. The van der Waals surface area contributed by atoms with E-state index in [4.69, 9.17) is 16.3 Å². The van der Waals surface area contributed by atoms with Gasteiger partial charge in [-0.1, -0.05) is 39.3 Å². The number of aryl methyl sites for hydroxylation is 1. The largest absolute Gasteiger partial charge is 0.376 e. The van der Waals surface area contributed by atoms with Crippen molar-refractivity contribution in [2.75, 3.05) is 13.2 Å². The summed E-state index contributed by atoms with van der Waals surface area (Å²) < 4.78 is 7.88. The minimum atomic E-state index is 0.00895.